The van der Waals surface area contributed by atoms with E-state index in [4.69, 9.17) is 4.74 Å². The first kappa shape index (κ1) is 14.6. The van der Waals surface area contributed by atoms with Gasteiger partial charge in [0, 0.05) is 25.1 Å². The highest BCUT2D eigenvalue weighted by molar-refractivity contribution is 5.72. The molecule has 0 aliphatic carbocycles. The Labute approximate surface area is 110 Å². The molecular formula is C12H15N3O4. The molecule has 0 radical (unpaired) electrons. The number of carbonyl (C=O) groups is 1. The number of aromatic nitrogens is 1. The zero-order valence-corrected chi connectivity index (χ0v) is 10.8. The minimum atomic E-state index is -0.513. The maximum Gasteiger partial charge on any atom is 0.288 e. The number of nitro groups is 1. The van der Waals surface area contributed by atoms with Crippen molar-refractivity contribution in [3.63, 3.8) is 0 Å². The molecule has 0 aliphatic rings. The summed E-state index contributed by atoms with van der Waals surface area (Å²) in [4.78, 5) is 24.7. The number of ether oxygens (including phenoxy) is 1. The summed E-state index contributed by atoms with van der Waals surface area (Å²) in [6, 6.07) is 1.39. The van der Waals surface area contributed by atoms with Gasteiger partial charge in [0.05, 0.1) is 12.0 Å². The fourth-order valence-corrected chi connectivity index (χ4v) is 1.39. The summed E-state index contributed by atoms with van der Waals surface area (Å²) >= 11 is 0. The van der Waals surface area contributed by atoms with E-state index >= 15 is 0 Å². The molecule has 1 aromatic heterocycles. The second-order valence-corrected chi connectivity index (χ2v) is 3.72. The summed E-state index contributed by atoms with van der Waals surface area (Å²) in [5.41, 5.74) is 0.432. The number of hydrogen-bond donors (Lipinski definition) is 1. The molecule has 7 nitrogen and oxygen atoms in total. The van der Waals surface area contributed by atoms with Crippen LogP contribution in [0.4, 0.5) is 5.69 Å². The maximum absolute atomic E-state index is 10.7. The van der Waals surface area contributed by atoms with Gasteiger partial charge in [-0.1, -0.05) is 12.2 Å². The number of rotatable bonds is 6. The van der Waals surface area contributed by atoms with Crippen molar-refractivity contribution in [2.24, 2.45) is 0 Å². The molecule has 1 aromatic rings. The van der Waals surface area contributed by atoms with E-state index in [0.29, 0.717) is 24.4 Å². The lowest BCUT2D eigenvalue weighted by molar-refractivity contribution is -0.385. The van der Waals surface area contributed by atoms with E-state index in [1.807, 2.05) is 0 Å². The minimum Gasteiger partial charge on any atom is -0.481 e. The van der Waals surface area contributed by atoms with Gasteiger partial charge in [0.2, 0.25) is 11.8 Å². The molecule has 0 aliphatic heterocycles. The zero-order chi connectivity index (χ0) is 14.3. The first-order chi connectivity index (χ1) is 9.04. The Kier molecular flexibility index (Phi) is 5.46. The molecule has 0 unspecified atom stereocenters. The standard InChI is InChI=1S/C12H15N3O4/c1-9(16)13-6-4-3-5-10-7-11(15(17)18)8-14-12(10)19-2/h3,5,7-8H,4,6H2,1-2H3,(H,13,16). The van der Waals surface area contributed by atoms with Crippen molar-refractivity contribution in [1.29, 1.82) is 0 Å². The number of nitrogens with zero attached hydrogens (tertiary/aromatic N) is 2. The van der Waals surface area contributed by atoms with Crippen LogP contribution in [-0.4, -0.2) is 29.5 Å². The van der Waals surface area contributed by atoms with Crippen LogP contribution in [0.5, 0.6) is 5.88 Å². The van der Waals surface area contributed by atoms with E-state index in [9.17, 15) is 14.9 Å². The second kappa shape index (κ2) is 7.10. The molecule has 0 aromatic carbocycles. The Balaban J connectivity index is 2.74. The van der Waals surface area contributed by atoms with E-state index in [-0.39, 0.29) is 11.6 Å². The fourth-order valence-electron chi connectivity index (χ4n) is 1.39. The summed E-state index contributed by atoms with van der Waals surface area (Å²) in [6.45, 7) is 1.95. The van der Waals surface area contributed by atoms with Crippen LogP contribution >= 0.6 is 0 Å². The molecule has 1 N–H and O–H groups in total. The van der Waals surface area contributed by atoms with Gasteiger partial charge in [0.1, 0.15) is 6.20 Å². The molecule has 0 saturated carbocycles. The molecule has 7 heteroatoms. The van der Waals surface area contributed by atoms with Gasteiger partial charge >= 0.3 is 0 Å². The Morgan fingerprint density at radius 1 is 1.63 bits per heavy atom. The first-order valence-corrected chi connectivity index (χ1v) is 5.64. The molecule has 0 spiro atoms. The summed E-state index contributed by atoms with van der Waals surface area (Å²) in [7, 11) is 1.45. The van der Waals surface area contributed by atoms with Crippen LogP contribution in [0.1, 0.15) is 18.9 Å². The van der Waals surface area contributed by atoms with Gasteiger partial charge < -0.3 is 10.1 Å². The molecule has 19 heavy (non-hydrogen) atoms. The molecule has 102 valence electrons. The van der Waals surface area contributed by atoms with Crippen molar-refractivity contribution < 1.29 is 14.5 Å². The highest BCUT2D eigenvalue weighted by Crippen LogP contribution is 2.22. The molecule has 0 atom stereocenters. The summed E-state index contributed by atoms with van der Waals surface area (Å²) in [5, 5.41) is 13.3. The predicted octanol–water partition coefficient (Wildman–Crippen LogP) is 1.54. The number of pyridine rings is 1. The average Bonchev–Trinajstić information content (AvgIpc) is 2.37. The summed E-state index contributed by atoms with van der Waals surface area (Å²) < 4.78 is 5.02. The third kappa shape index (κ3) is 4.74. The van der Waals surface area contributed by atoms with Crippen LogP contribution in [0.25, 0.3) is 6.08 Å². The number of carbonyl (C=O) groups excluding carboxylic acids is 1. The molecule has 0 saturated heterocycles. The van der Waals surface area contributed by atoms with Crippen molar-refractivity contribution in [3.8, 4) is 5.88 Å². The monoisotopic (exact) mass is 265 g/mol. The van der Waals surface area contributed by atoms with Gasteiger partial charge in [-0.15, -0.1) is 0 Å². The summed E-state index contributed by atoms with van der Waals surface area (Å²) in [5.74, 6) is 0.226. The van der Waals surface area contributed by atoms with Gasteiger partial charge in [-0.25, -0.2) is 4.98 Å². The third-order valence-electron chi connectivity index (χ3n) is 2.25. The number of hydrogen-bond acceptors (Lipinski definition) is 5. The lowest BCUT2D eigenvalue weighted by Crippen LogP contribution is -2.20. The van der Waals surface area contributed by atoms with E-state index in [0.717, 1.165) is 6.20 Å². The molecule has 1 rings (SSSR count). The van der Waals surface area contributed by atoms with Crippen LogP contribution in [-0.2, 0) is 4.79 Å². The van der Waals surface area contributed by atoms with E-state index in [1.165, 1.54) is 20.1 Å². The van der Waals surface area contributed by atoms with Crippen LogP contribution in [0, 0.1) is 10.1 Å². The Morgan fingerprint density at radius 2 is 2.37 bits per heavy atom. The third-order valence-corrected chi connectivity index (χ3v) is 2.25. The SMILES string of the molecule is COc1ncc([N+](=O)[O-])cc1C=CCCNC(C)=O. The van der Waals surface area contributed by atoms with Gasteiger partial charge in [-0.05, 0) is 6.42 Å². The number of nitrogens with one attached hydrogen (secondary N) is 1. The highest BCUT2D eigenvalue weighted by atomic mass is 16.6. The van der Waals surface area contributed by atoms with Gasteiger partial charge in [0.25, 0.3) is 5.69 Å². The first-order valence-electron chi connectivity index (χ1n) is 5.64. The summed E-state index contributed by atoms with van der Waals surface area (Å²) in [6.07, 6.45) is 5.23. The minimum absolute atomic E-state index is 0.0944. The van der Waals surface area contributed by atoms with Crippen LogP contribution in [0.2, 0.25) is 0 Å². The molecule has 0 bridgehead atoms. The van der Waals surface area contributed by atoms with Crippen LogP contribution in [0.15, 0.2) is 18.3 Å². The van der Waals surface area contributed by atoms with Gasteiger partial charge in [0.15, 0.2) is 0 Å². The fraction of sp³-hybridized carbons (Fsp3) is 0.333. The smallest absolute Gasteiger partial charge is 0.288 e. The number of methoxy groups -OCH3 is 1. The van der Waals surface area contributed by atoms with E-state index in [1.54, 1.807) is 12.2 Å². The quantitative estimate of drug-likeness (QED) is 0.478. The van der Waals surface area contributed by atoms with E-state index in [2.05, 4.69) is 10.3 Å². The van der Waals surface area contributed by atoms with Crippen molar-refractivity contribution in [2.75, 3.05) is 13.7 Å². The van der Waals surface area contributed by atoms with Gasteiger partial charge in [-0.3, -0.25) is 14.9 Å². The van der Waals surface area contributed by atoms with E-state index < -0.39 is 4.92 Å². The lowest BCUT2D eigenvalue weighted by atomic mass is 10.2. The predicted molar refractivity (Wildman–Crippen MR) is 69.8 cm³/mol. The Morgan fingerprint density at radius 3 is 2.95 bits per heavy atom. The van der Waals surface area contributed by atoms with Crippen LogP contribution in [0.3, 0.4) is 0 Å². The molecule has 1 heterocycles. The normalized spacial score (nSPS) is 10.4. The van der Waals surface area contributed by atoms with Gasteiger partial charge in [-0.2, -0.15) is 0 Å². The zero-order valence-electron chi connectivity index (χ0n) is 10.8. The number of amides is 1. The maximum atomic E-state index is 10.7. The second-order valence-electron chi connectivity index (χ2n) is 3.72. The lowest BCUT2D eigenvalue weighted by Gasteiger charge is -2.03. The Hall–Kier alpha value is -2.44. The highest BCUT2D eigenvalue weighted by Gasteiger charge is 2.10. The van der Waals surface area contributed by atoms with Crippen molar-refractivity contribution in [1.82, 2.24) is 10.3 Å². The van der Waals surface area contributed by atoms with Crippen LogP contribution < -0.4 is 10.1 Å². The Bertz CT molecular complexity index is 500. The molecule has 0 fully saturated rings. The van der Waals surface area contributed by atoms with Crippen molar-refractivity contribution >= 4 is 17.7 Å². The topological polar surface area (TPSA) is 94.4 Å². The largest absolute Gasteiger partial charge is 0.481 e. The average molecular weight is 265 g/mol. The van der Waals surface area contributed by atoms with Crippen molar-refractivity contribution in [3.05, 3.63) is 34.0 Å². The molecular weight excluding hydrogens is 250 g/mol. The van der Waals surface area contributed by atoms with Crippen molar-refractivity contribution in [2.45, 2.75) is 13.3 Å². The molecule has 1 amide bonds.